The minimum atomic E-state index is 0.505. The minimum absolute atomic E-state index is 0.505. The predicted molar refractivity (Wildman–Crippen MR) is 80.2 cm³/mol. The molecule has 104 valence electrons. The number of aromatic nitrogens is 1. The van der Waals surface area contributed by atoms with E-state index in [0.29, 0.717) is 11.8 Å². The number of ether oxygens (including phenoxy) is 1. The van der Waals surface area contributed by atoms with Gasteiger partial charge >= 0.3 is 0 Å². The molecule has 3 rings (SSSR count). The zero-order chi connectivity index (χ0) is 13.9. The van der Waals surface area contributed by atoms with Gasteiger partial charge in [0.15, 0.2) is 0 Å². The molecule has 20 heavy (non-hydrogen) atoms. The highest BCUT2D eigenvalue weighted by Crippen LogP contribution is 2.34. The number of rotatable bonds is 3. The van der Waals surface area contributed by atoms with Crippen LogP contribution in [0.5, 0.6) is 11.6 Å². The van der Waals surface area contributed by atoms with Gasteiger partial charge in [-0.3, -0.25) is 0 Å². The molecular formula is C17H20N2O. The molecule has 1 aromatic heterocycles. The molecule has 0 spiro atoms. The van der Waals surface area contributed by atoms with Gasteiger partial charge in [-0.15, -0.1) is 0 Å². The molecule has 1 unspecified atom stereocenters. The summed E-state index contributed by atoms with van der Waals surface area (Å²) in [6.07, 6.45) is 3.52. The molecular weight excluding hydrogens is 248 g/mol. The lowest BCUT2D eigenvalue weighted by molar-refractivity contribution is 0.458. The number of hydrogen-bond acceptors (Lipinski definition) is 3. The maximum absolute atomic E-state index is 5.86. The van der Waals surface area contributed by atoms with Gasteiger partial charge in [0.25, 0.3) is 0 Å². The molecule has 3 nitrogen and oxygen atoms in total. The third kappa shape index (κ3) is 2.68. The van der Waals surface area contributed by atoms with Crippen LogP contribution in [-0.4, -0.2) is 11.5 Å². The molecule has 2 N–H and O–H groups in total. The van der Waals surface area contributed by atoms with Crippen molar-refractivity contribution in [2.45, 2.75) is 32.1 Å². The Morgan fingerprint density at radius 3 is 3.00 bits per heavy atom. The van der Waals surface area contributed by atoms with Crippen LogP contribution in [0.2, 0.25) is 0 Å². The second-order valence-electron chi connectivity index (χ2n) is 5.40. The molecule has 0 bridgehead atoms. The topological polar surface area (TPSA) is 48.1 Å². The molecule has 1 heterocycles. The molecule has 0 radical (unpaired) electrons. The summed E-state index contributed by atoms with van der Waals surface area (Å²) in [6.45, 7) is 2.69. The maximum atomic E-state index is 5.86. The quantitative estimate of drug-likeness (QED) is 0.926. The monoisotopic (exact) mass is 268 g/mol. The lowest BCUT2D eigenvalue weighted by Crippen LogP contribution is -2.18. The molecule has 0 saturated carbocycles. The van der Waals surface area contributed by atoms with Crippen molar-refractivity contribution in [3.8, 4) is 11.6 Å². The van der Waals surface area contributed by atoms with Gasteiger partial charge in [0, 0.05) is 11.8 Å². The second kappa shape index (κ2) is 5.63. The van der Waals surface area contributed by atoms with Crippen molar-refractivity contribution < 1.29 is 4.74 Å². The Kier molecular flexibility index (Phi) is 3.70. The van der Waals surface area contributed by atoms with Crippen LogP contribution in [0.25, 0.3) is 0 Å². The highest BCUT2D eigenvalue weighted by molar-refractivity contribution is 5.40. The van der Waals surface area contributed by atoms with Crippen LogP contribution in [0, 0.1) is 6.92 Å². The Bertz CT molecular complexity index is 610. The van der Waals surface area contributed by atoms with Crippen molar-refractivity contribution in [1.82, 2.24) is 4.98 Å². The van der Waals surface area contributed by atoms with Crippen LogP contribution in [0.1, 0.15) is 35.6 Å². The van der Waals surface area contributed by atoms with Gasteiger partial charge in [0.05, 0.1) is 0 Å². The molecule has 0 aliphatic heterocycles. The SMILES string of the molecule is Cc1cccc(Oc2ccc3c(c2)CCCC3CN)n1. The predicted octanol–water partition coefficient (Wildman–Crippen LogP) is 3.56. The number of hydrogen-bond donors (Lipinski definition) is 1. The van der Waals surface area contributed by atoms with E-state index < -0.39 is 0 Å². The van der Waals surface area contributed by atoms with Crippen LogP contribution in [0.4, 0.5) is 0 Å². The zero-order valence-corrected chi connectivity index (χ0v) is 11.8. The first-order valence-electron chi connectivity index (χ1n) is 7.20. The van der Waals surface area contributed by atoms with Crippen molar-refractivity contribution in [3.05, 3.63) is 53.2 Å². The van der Waals surface area contributed by atoms with E-state index in [9.17, 15) is 0 Å². The van der Waals surface area contributed by atoms with Crippen molar-refractivity contribution >= 4 is 0 Å². The van der Waals surface area contributed by atoms with E-state index in [4.69, 9.17) is 10.5 Å². The summed E-state index contributed by atoms with van der Waals surface area (Å²) < 4.78 is 5.85. The summed E-state index contributed by atoms with van der Waals surface area (Å²) in [5.74, 6) is 2.01. The molecule has 0 amide bonds. The Morgan fingerprint density at radius 2 is 2.20 bits per heavy atom. The van der Waals surface area contributed by atoms with Crippen molar-refractivity contribution in [1.29, 1.82) is 0 Å². The summed E-state index contributed by atoms with van der Waals surface area (Å²) in [7, 11) is 0. The third-order valence-corrected chi connectivity index (χ3v) is 3.92. The number of nitrogens with zero attached hydrogens (tertiary/aromatic N) is 1. The van der Waals surface area contributed by atoms with Gasteiger partial charge in [-0.2, -0.15) is 0 Å². The van der Waals surface area contributed by atoms with Crippen LogP contribution < -0.4 is 10.5 Å². The number of pyridine rings is 1. The maximum Gasteiger partial charge on any atom is 0.219 e. The van der Waals surface area contributed by atoms with Crippen molar-refractivity contribution in [2.75, 3.05) is 6.54 Å². The lowest BCUT2D eigenvalue weighted by atomic mass is 9.83. The van der Waals surface area contributed by atoms with E-state index in [1.807, 2.05) is 31.2 Å². The highest BCUT2D eigenvalue weighted by Gasteiger charge is 2.19. The number of benzene rings is 1. The van der Waals surface area contributed by atoms with Gasteiger partial charge in [-0.1, -0.05) is 12.1 Å². The number of aryl methyl sites for hydroxylation is 2. The Balaban J connectivity index is 1.85. The van der Waals surface area contributed by atoms with E-state index in [2.05, 4.69) is 17.1 Å². The van der Waals surface area contributed by atoms with Gasteiger partial charge < -0.3 is 10.5 Å². The molecule has 2 aromatic rings. The molecule has 0 saturated heterocycles. The first-order chi connectivity index (χ1) is 9.76. The van der Waals surface area contributed by atoms with E-state index in [1.54, 1.807) is 0 Å². The zero-order valence-electron chi connectivity index (χ0n) is 11.8. The summed E-state index contributed by atoms with van der Waals surface area (Å²) >= 11 is 0. The van der Waals surface area contributed by atoms with Gasteiger partial charge in [-0.05, 0) is 68.0 Å². The number of fused-ring (bicyclic) bond motifs is 1. The van der Waals surface area contributed by atoms with Gasteiger partial charge in [-0.25, -0.2) is 4.98 Å². The Labute approximate surface area is 119 Å². The van der Waals surface area contributed by atoms with Crippen LogP contribution in [-0.2, 0) is 6.42 Å². The van der Waals surface area contributed by atoms with Crippen LogP contribution in [0.15, 0.2) is 36.4 Å². The standard InChI is InChI=1S/C17H20N2O/c1-12-4-2-7-17(19-12)20-15-8-9-16-13(10-15)5-3-6-14(16)11-18/h2,4,7-10,14H,3,5-6,11,18H2,1H3. The molecule has 1 aliphatic rings. The fraction of sp³-hybridized carbons (Fsp3) is 0.353. The molecule has 1 aliphatic carbocycles. The normalized spacial score (nSPS) is 17.6. The molecule has 1 atom stereocenters. The van der Waals surface area contributed by atoms with E-state index in [0.717, 1.165) is 24.4 Å². The lowest BCUT2D eigenvalue weighted by Gasteiger charge is -2.24. The second-order valence-corrected chi connectivity index (χ2v) is 5.40. The van der Waals surface area contributed by atoms with Crippen molar-refractivity contribution in [2.24, 2.45) is 5.73 Å². The Morgan fingerprint density at radius 1 is 1.30 bits per heavy atom. The fourth-order valence-corrected chi connectivity index (χ4v) is 2.90. The highest BCUT2D eigenvalue weighted by atomic mass is 16.5. The third-order valence-electron chi connectivity index (χ3n) is 3.92. The van der Waals surface area contributed by atoms with Crippen LogP contribution >= 0.6 is 0 Å². The molecule has 3 heteroatoms. The largest absolute Gasteiger partial charge is 0.439 e. The van der Waals surface area contributed by atoms with E-state index in [-0.39, 0.29) is 0 Å². The fourth-order valence-electron chi connectivity index (χ4n) is 2.90. The first-order valence-corrected chi connectivity index (χ1v) is 7.20. The van der Waals surface area contributed by atoms with Crippen LogP contribution in [0.3, 0.4) is 0 Å². The average molecular weight is 268 g/mol. The summed E-state index contributed by atoms with van der Waals surface area (Å²) in [6, 6.07) is 12.1. The average Bonchev–Trinajstić information content (AvgIpc) is 2.46. The van der Waals surface area contributed by atoms with Gasteiger partial charge in [0.1, 0.15) is 5.75 Å². The van der Waals surface area contributed by atoms with Crippen molar-refractivity contribution in [3.63, 3.8) is 0 Å². The van der Waals surface area contributed by atoms with E-state index >= 15 is 0 Å². The Hall–Kier alpha value is -1.87. The summed E-state index contributed by atoms with van der Waals surface area (Å²) in [4.78, 5) is 4.37. The summed E-state index contributed by atoms with van der Waals surface area (Å²) in [5, 5.41) is 0. The number of nitrogens with two attached hydrogens (primary N) is 1. The smallest absolute Gasteiger partial charge is 0.219 e. The van der Waals surface area contributed by atoms with Gasteiger partial charge in [0.2, 0.25) is 5.88 Å². The minimum Gasteiger partial charge on any atom is -0.439 e. The molecule has 1 aromatic carbocycles. The first kappa shape index (κ1) is 13.1. The summed E-state index contributed by atoms with van der Waals surface area (Å²) in [5.41, 5.74) is 9.58. The van der Waals surface area contributed by atoms with E-state index in [1.165, 1.54) is 24.0 Å². The molecule has 0 fully saturated rings.